The average Bonchev–Trinajstić information content (AvgIpc) is 3.03. The topological polar surface area (TPSA) is 49.6 Å². The summed E-state index contributed by atoms with van der Waals surface area (Å²) in [6.07, 6.45) is 3.32. The maximum Gasteiger partial charge on any atom is 0.141 e. The largest absolute Gasteiger partial charge is 0.244 e. The molecule has 4 aromatic rings. The third-order valence-electron chi connectivity index (χ3n) is 4.02. The van der Waals surface area contributed by atoms with E-state index in [-0.39, 0.29) is 5.56 Å². The van der Waals surface area contributed by atoms with Gasteiger partial charge in [0, 0.05) is 26.9 Å². The summed E-state index contributed by atoms with van der Waals surface area (Å²) in [6.45, 7) is 2.03. The molecule has 2 aromatic heterocycles. The number of hydrogen-bond donors (Lipinski definition) is 0. The monoisotopic (exact) mass is 345 g/mol. The van der Waals surface area contributed by atoms with Crippen molar-refractivity contribution >= 4 is 22.2 Å². The highest BCUT2D eigenvalue weighted by molar-refractivity contribution is 7.16. The second-order valence-electron chi connectivity index (χ2n) is 5.70. The number of rotatable bonds is 2. The first-order valence-electron chi connectivity index (χ1n) is 7.66. The van der Waals surface area contributed by atoms with Gasteiger partial charge in [-0.15, -0.1) is 11.3 Å². The summed E-state index contributed by atoms with van der Waals surface area (Å²) in [7, 11) is 0. The second-order valence-corrected chi connectivity index (χ2v) is 6.96. The maximum absolute atomic E-state index is 14.0. The summed E-state index contributed by atoms with van der Waals surface area (Å²) in [5, 5.41) is 9.88. The van der Waals surface area contributed by atoms with Crippen molar-refractivity contribution in [3.8, 4) is 27.6 Å². The lowest BCUT2D eigenvalue weighted by molar-refractivity contribution is 0.624. The van der Waals surface area contributed by atoms with Crippen molar-refractivity contribution in [2.24, 2.45) is 0 Å². The number of aromatic nitrogens is 2. The zero-order chi connectivity index (χ0) is 17.4. The predicted octanol–water partition coefficient (Wildman–Crippen LogP) is 5.34. The van der Waals surface area contributed by atoms with Crippen molar-refractivity contribution in [1.82, 2.24) is 9.97 Å². The number of halogens is 1. The molecule has 3 nitrogen and oxygen atoms in total. The summed E-state index contributed by atoms with van der Waals surface area (Å²) >= 11 is 1.66. The van der Waals surface area contributed by atoms with Crippen molar-refractivity contribution in [3.63, 3.8) is 0 Å². The lowest BCUT2D eigenvalue weighted by Gasteiger charge is -2.06. The molecule has 0 radical (unpaired) electrons. The molecule has 0 atom stereocenters. The SMILES string of the molecule is Cc1cc(-c2ccc(C#N)c(F)c2)c(-c2ccc3ncncc3c2)s1. The Kier molecular flexibility index (Phi) is 3.75. The van der Waals surface area contributed by atoms with Gasteiger partial charge in [0.1, 0.15) is 18.2 Å². The number of nitriles is 1. The van der Waals surface area contributed by atoms with Gasteiger partial charge in [-0.2, -0.15) is 5.26 Å². The Morgan fingerprint density at radius 2 is 1.92 bits per heavy atom. The average molecular weight is 345 g/mol. The molecular weight excluding hydrogens is 333 g/mol. The number of hydrogen-bond acceptors (Lipinski definition) is 4. The molecule has 0 amide bonds. The third kappa shape index (κ3) is 2.77. The summed E-state index contributed by atoms with van der Waals surface area (Å²) in [5.41, 5.74) is 3.71. The number of thiophene rings is 1. The van der Waals surface area contributed by atoms with Gasteiger partial charge in [0.2, 0.25) is 0 Å². The smallest absolute Gasteiger partial charge is 0.141 e. The Balaban J connectivity index is 1.88. The van der Waals surface area contributed by atoms with Crippen molar-refractivity contribution in [2.75, 3.05) is 0 Å². The van der Waals surface area contributed by atoms with E-state index in [2.05, 4.69) is 9.97 Å². The van der Waals surface area contributed by atoms with E-state index in [1.807, 2.05) is 37.3 Å². The third-order valence-corrected chi connectivity index (χ3v) is 5.12. The number of nitrogens with zero attached hydrogens (tertiary/aromatic N) is 3. The van der Waals surface area contributed by atoms with E-state index in [4.69, 9.17) is 5.26 Å². The highest BCUT2D eigenvalue weighted by atomic mass is 32.1. The molecule has 25 heavy (non-hydrogen) atoms. The fraction of sp³-hybridized carbons (Fsp3) is 0.0500. The van der Waals surface area contributed by atoms with Crippen molar-refractivity contribution in [3.05, 3.63) is 71.2 Å². The van der Waals surface area contributed by atoms with E-state index in [1.54, 1.807) is 23.6 Å². The first kappa shape index (κ1) is 15.4. The number of fused-ring (bicyclic) bond motifs is 1. The minimum absolute atomic E-state index is 0.0557. The van der Waals surface area contributed by atoms with Crippen LogP contribution in [0.3, 0.4) is 0 Å². The molecular formula is C20H12FN3S. The fourth-order valence-electron chi connectivity index (χ4n) is 2.84. The van der Waals surface area contributed by atoms with Crippen molar-refractivity contribution < 1.29 is 4.39 Å². The fourth-order valence-corrected chi connectivity index (χ4v) is 3.87. The molecule has 0 N–H and O–H groups in total. The molecule has 2 heterocycles. The van der Waals surface area contributed by atoms with Gasteiger partial charge in [-0.3, -0.25) is 0 Å². The first-order valence-corrected chi connectivity index (χ1v) is 8.48. The Labute approximate surface area is 148 Å². The van der Waals surface area contributed by atoms with E-state index < -0.39 is 5.82 Å². The van der Waals surface area contributed by atoms with E-state index in [0.717, 1.165) is 37.3 Å². The molecule has 0 bridgehead atoms. The van der Waals surface area contributed by atoms with Gasteiger partial charge in [-0.1, -0.05) is 12.1 Å². The minimum Gasteiger partial charge on any atom is -0.244 e. The van der Waals surface area contributed by atoms with Crippen molar-refractivity contribution in [2.45, 2.75) is 6.92 Å². The van der Waals surface area contributed by atoms with Gasteiger partial charge < -0.3 is 0 Å². The number of benzene rings is 2. The van der Waals surface area contributed by atoms with Crippen LogP contribution in [0.5, 0.6) is 0 Å². The molecule has 4 rings (SSSR count). The van der Waals surface area contributed by atoms with E-state index in [1.165, 1.54) is 18.5 Å². The highest BCUT2D eigenvalue weighted by Gasteiger charge is 2.14. The van der Waals surface area contributed by atoms with Crippen LogP contribution >= 0.6 is 11.3 Å². The molecule has 2 aromatic carbocycles. The summed E-state index contributed by atoms with van der Waals surface area (Å²) in [5.74, 6) is -0.498. The van der Waals surface area contributed by atoms with Crippen LogP contribution in [0.15, 0.2) is 55.0 Å². The summed E-state index contributed by atoms with van der Waals surface area (Å²) in [4.78, 5) is 10.5. The normalized spacial score (nSPS) is 10.8. The van der Waals surface area contributed by atoms with E-state index in [9.17, 15) is 4.39 Å². The summed E-state index contributed by atoms with van der Waals surface area (Å²) < 4.78 is 14.0. The molecule has 0 fully saturated rings. The molecule has 0 spiro atoms. The van der Waals surface area contributed by atoms with Gasteiger partial charge in [0.15, 0.2) is 0 Å². The Morgan fingerprint density at radius 3 is 2.72 bits per heavy atom. The van der Waals surface area contributed by atoms with Crippen LogP contribution in [-0.2, 0) is 0 Å². The Bertz CT molecular complexity index is 1140. The molecule has 0 unspecified atom stereocenters. The van der Waals surface area contributed by atoms with Gasteiger partial charge in [0.25, 0.3) is 0 Å². The van der Waals surface area contributed by atoms with E-state index in [0.29, 0.717) is 0 Å². The van der Waals surface area contributed by atoms with Crippen LogP contribution in [0.4, 0.5) is 4.39 Å². The summed E-state index contributed by atoms with van der Waals surface area (Å²) in [6, 6.07) is 14.7. The molecule has 0 aliphatic carbocycles. The van der Waals surface area contributed by atoms with E-state index >= 15 is 0 Å². The second kappa shape index (κ2) is 6.08. The van der Waals surface area contributed by atoms with Gasteiger partial charge in [-0.05, 0) is 48.4 Å². The highest BCUT2D eigenvalue weighted by Crippen LogP contribution is 2.40. The molecule has 0 saturated carbocycles. The molecule has 0 aliphatic rings. The minimum atomic E-state index is -0.498. The van der Waals surface area contributed by atoms with Crippen LogP contribution in [-0.4, -0.2) is 9.97 Å². The molecule has 120 valence electrons. The first-order chi connectivity index (χ1) is 12.2. The number of aryl methyl sites for hydroxylation is 1. The molecule has 5 heteroatoms. The zero-order valence-corrected chi connectivity index (χ0v) is 14.1. The lowest BCUT2D eigenvalue weighted by Crippen LogP contribution is -1.86. The standard InChI is InChI=1S/C20H12FN3S/c1-12-6-17(13-2-3-15(9-22)18(21)8-13)20(25-12)14-4-5-19-16(7-14)10-23-11-24-19/h2-8,10-11H,1H3. The lowest BCUT2D eigenvalue weighted by atomic mass is 10.0. The molecule has 0 saturated heterocycles. The van der Waals surface area contributed by atoms with Gasteiger partial charge in [-0.25, -0.2) is 14.4 Å². The quantitative estimate of drug-likeness (QED) is 0.492. The zero-order valence-electron chi connectivity index (χ0n) is 13.3. The van der Waals surface area contributed by atoms with Crippen LogP contribution in [0, 0.1) is 24.1 Å². The van der Waals surface area contributed by atoms with Gasteiger partial charge >= 0.3 is 0 Å². The predicted molar refractivity (Wildman–Crippen MR) is 97.7 cm³/mol. The van der Waals surface area contributed by atoms with Crippen molar-refractivity contribution in [1.29, 1.82) is 5.26 Å². The Morgan fingerprint density at radius 1 is 1.08 bits per heavy atom. The molecule has 0 aliphatic heterocycles. The van der Waals surface area contributed by atoms with Crippen LogP contribution in [0.2, 0.25) is 0 Å². The van der Waals surface area contributed by atoms with Crippen LogP contribution < -0.4 is 0 Å². The van der Waals surface area contributed by atoms with Gasteiger partial charge in [0.05, 0.1) is 11.1 Å². The maximum atomic E-state index is 14.0. The Hall–Kier alpha value is -3.10. The van der Waals surface area contributed by atoms with Crippen LogP contribution in [0.1, 0.15) is 10.4 Å². The van der Waals surface area contributed by atoms with Crippen LogP contribution in [0.25, 0.3) is 32.5 Å².